The third-order valence-electron chi connectivity index (χ3n) is 5.10. The van der Waals surface area contributed by atoms with Crippen LogP contribution in [0.2, 0.25) is 0 Å². The van der Waals surface area contributed by atoms with Gasteiger partial charge < -0.3 is 9.47 Å². The summed E-state index contributed by atoms with van der Waals surface area (Å²) in [4.78, 5) is 0. The highest BCUT2D eigenvalue weighted by atomic mass is 19.4. The van der Waals surface area contributed by atoms with Crippen molar-refractivity contribution in [3.05, 3.63) is 59.2 Å². The Morgan fingerprint density at radius 3 is 2.39 bits per heavy atom. The summed E-state index contributed by atoms with van der Waals surface area (Å²) in [6.45, 7) is -0.112. The van der Waals surface area contributed by atoms with E-state index >= 15 is 0 Å². The molecule has 0 radical (unpaired) electrons. The zero-order valence-corrected chi connectivity index (χ0v) is 16.2. The van der Waals surface area contributed by atoms with Gasteiger partial charge in [-0.2, -0.15) is 31.6 Å². The lowest BCUT2D eigenvalue weighted by Crippen LogP contribution is -2.44. The lowest BCUT2D eigenvalue weighted by atomic mass is 9.88. The summed E-state index contributed by atoms with van der Waals surface area (Å²) in [5, 5.41) is 11.3. The zero-order valence-electron chi connectivity index (χ0n) is 16.2. The fraction of sp³-hybridized carbons (Fsp3) is 0.381. The molecule has 0 bridgehead atoms. The third-order valence-corrected chi connectivity index (χ3v) is 5.10. The number of hydrogen-bond acceptors (Lipinski definition) is 4. The zero-order chi connectivity index (χ0) is 22.8. The molecule has 0 aromatic heterocycles. The Labute approximate surface area is 174 Å². The van der Waals surface area contributed by atoms with Gasteiger partial charge in [0.1, 0.15) is 24.1 Å². The van der Waals surface area contributed by atoms with E-state index in [0.29, 0.717) is 17.6 Å². The number of rotatable bonds is 5. The van der Waals surface area contributed by atoms with E-state index in [4.69, 9.17) is 14.7 Å². The second-order valence-electron chi connectivity index (χ2n) is 7.13. The predicted octanol–water partition coefficient (Wildman–Crippen LogP) is 5.04. The number of nitrogens with one attached hydrogen (secondary N) is 1. The number of alkyl halides is 6. The van der Waals surface area contributed by atoms with Gasteiger partial charge in [0.2, 0.25) is 0 Å². The molecule has 1 saturated heterocycles. The number of methoxy groups -OCH3 is 1. The number of nitriles is 1. The van der Waals surface area contributed by atoms with Crippen LogP contribution >= 0.6 is 0 Å². The van der Waals surface area contributed by atoms with Gasteiger partial charge in [-0.25, -0.2) is 0 Å². The fourth-order valence-electron chi connectivity index (χ4n) is 3.66. The Kier molecular flexibility index (Phi) is 6.36. The summed E-state index contributed by atoms with van der Waals surface area (Å²) in [6.07, 6.45) is -9.62. The Morgan fingerprint density at radius 2 is 1.77 bits per heavy atom. The van der Waals surface area contributed by atoms with Crippen LogP contribution in [0.3, 0.4) is 0 Å². The maximum atomic E-state index is 13.6. The molecule has 1 aliphatic rings. The first-order valence-electron chi connectivity index (χ1n) is 9.23. The molecule has 1 fully saturated rings. The Balaban J connectivity index is 1.83. The van der Waals surface area contributed by atoms with Crippen LogP contribution in [0.4, 0.5) is 26.3 Å². The molecule has 1 unspecified atom stereocenters. The minimum Gasteiger partial charge on any atom is -0.497 e. The van der Waals surface area contributed by atoms with E-state index < -0.39 is 41.5 Å². The van der Waals surface area contributed by atoms with Crippen LogP contribution in [0.5, 0.6) is 11.5 Å². The molecular weight excluding hydrogens is 426 g/mol. The quantitative estimate of drug-likeness (QED) is 0.657. The van der Waals surface area contributed by atoms with Crippen LogP contribution in [0.1, 0.15) is 29.0 Å². The van der Waals surface area contributed by atoms with E-state index in [2.05, 4.69) is 5.32 Å². The lowest BCUT2D eigenvalue weighted by Gasteiger charge is -2.23. The predicted molar refractivity (Wildman–Crippen MR) is 98.8 cm³/mol. The second-order valence-corrected chi connectivity index (χ2v) is 7.13. The smallest absolute Gasteiger partial charge is 0.417 e. The molecule has 31 heavy (non-hydrogen) atoms. The Bertz CT molecular complexity index is 968. The lowest BCUT2D eigenvalue weighted by molar-refractivity contribution is -0.156. The van der Waals surface area contributed by atoms with Gasteiger partial charge in [-0.1, -0.05) is 12.1 Å². The monoisotopic (exact) mass is 444 g/mol. The number of halogens is 6. The summed E-state index contributed by atoms with van der Waals surface area (Å²) in [5.74, 6) is -0.348. The van der Waals surface area contributed by atoms with Crippen LogP contribution in [-0.4, -0.2) is 32.0 Å². The van der Waals surface area contributed by atoms with Gasteiger partial charge in [0.05, 0.1) is 24.3 Å². The van der Waals surface area contributed by atoms with Crippen LogP contribution in [0, 0.1) is 11.3 Å². The van der Waals surface area contributed by atoms with Crippen molar-refractivity contribution in [2.45, 2.75) is 36.8 Å². The van der Waals surface area contributed by atoms with E-state index in [1.807, 2.05) is 0 Å². The van der Waals surface area contributed by atoms with Gasteiger partial charge >= 0.3 is 12.4 Å². The van der Waals surface area contributed by atoms with E-state index in [-0.39, 0.29) is 18.6 Å². The van der Waals surface area contributed by atoms with Gasteiger partial charge in [-0.05, 0) is 36.2 Å². The van der Waals surface area contributed by atoms with Crippen LogP contribution < -0.4 is 14.8 Å². The number of hydrogen-bond donors (Lipinski definition) is 1. The van der Waals surface area contributed by atoms with Crippen molar-refractivity contribution < 1.29 is 35.8 Å². The highest BCUT2D eigenvalue weighted by Crippen LogP contribution is 2.42. The largest absolute Gasteiger partial charge is 0.497 e. The SMILES string of the molecule is COc1cccc(OC[C@@H]2CC(c3ccc(C#N)c(C(F)(F)F)c3)[C@H](C(F)(F)F)N2)c1. The number of benzene rings is 2. The Hall–Kier alpha value is -2.93. The minimum absolute atomic E-state index is 0.0860. The molecule has 1 heterocycles. The molecule has 2 aromatic rings. The Morgan fingerprint density at radius 1 is 1.06 bits per heavy atom. The highest BCUT2D eigenvalue weighted by molar-refractivity contribution is 5.43. The average molecular weight is 444 g/mol. The van der Waals surface area contributed by atoms with Gasteiger partial charge in [0.25, 0.3) is 0 Å². The minimum atomic E-state index is -4.85. The first-order valence-corrected chi connectivity index (χ1v) is 9.23. The van der Waals surface area contributed by atoms with E-state index in [1.54, 1.807) is 24.3 Å². The van der Waals surface area contributed by atoms with Gasteiger partial charge in [0.15, 0.2) is 0 Å². The molecule has 10 heteroatoms. The summed E-state index contributed by atoms with van der Waals surface area (Å²) >= 11 is 0. The van der Waals surface area contributed by atoms with Crippen LogP contribution in [-0.2, 0) is 6.18 Å². The molecule has 0 spiro atoms. The van der Waals surface area contributed by atoms with E-state index in [1.165, 1.54) is 13.2 Å². The van der Waals surface area contributed by atoms with Gasteiger partial charge in [-0.3, -0.25) is 5.32 Å². The topological polar surface area (TPSA) is 54.3 Å². The van der Waals surface area contributed by atoms with Gasteiger partial charge in [0, 0.05) is 18.0 Å². The maximum absolute atomic E-state index is 13.6. The normalized spacial score (nSPS) is 21.5. The van der Waals surface area contributed by atoms with Gasteiger partial charge in [-0.15, -0.1) is 0 Å². The molecule has 1 aliphatic heterocycles. The van der Waals surface area contributed by atoms with Crippen molar-refractivity contribution in [1.29, 1.82) is 5.26 Å². The first kappa shape index (κ1) is 22.7. The molecule has 3 atom stereocenters. The average Bonchev–Trinajstić information content (AvgIpc) is 3.16. The summed E-state index contributed by atoms with van der Waals surface area (Å²) < 4.78 is 91.3. The second kappa shape index (κ2) is 8.67. The molecule has 166 valence electrons. The highest BCUT2D eigenvalue weighted by Gasteiger charge is 2.51. The van der Waals surface area contributed by atoms with Crippen LogP contribution in [0.15, 0.2) is 42.5 Å². The first-order chi connectivity index (χ1) is 14.5. The van der Waals surface area contributed by atoms with Crippen molar-refractivity contribution in [2.75, 3.05) is 13.7 Å². The van der Waals surface area contributed by atoms with E-state index in [9.17, 15) is 26.3 Å². The molecule has 1 N–H and O–H groups in total. The maximum Gasteiger partial charge on any atom is 0.417 e. The molecule has 0 aliphatic carbocycles. The number of nitrogens with zero attached hydrogens (tertiary/aromatic N) is 1. The van der Waals surface area contributed by atoms with Crippen LogP contribution in [0.25, 0.3) is 0 Å². The van der Waals surface area contributed by atoms with Crippen molar-refractivity contribution in [1.82, 2.24) is 5.32 Å². The van der Waals surface area contributed by atoms with E-state index in [0.717, 1.165) is 12.1 Å². The summed E-state index contributed by atoms with van der Waals surface area (Å²) in [5.41, 5.74) is -2.02. The standard InChI is InChI=1S/C21H18F6N2O2/c1-30-15-3-2-4-16(9-15)31-11-14-8-17(19(29-14)21(25,26)27)12-5-6-13(10-28)18(7-12)20(22,23)24/h2-7,9,14,17,19,29H,8,11H2,1H3/t14-,17?,19+/m0/s1. The molecule has 4 nitrogen and oxygen atoms in total. The summed E-state index contributed by atoms with van der Waals surface area (Å²) in [6, 6.07) is 7.86. The summed E-state index contributed by atoms with van der Waals surface area (Å²) in [7, 11) is 1.46. The van der Waals surface area contributed by atoms with Crippen molar-refractivity contribution >= 4 is 0 Å². The van der Waals surface area contributed by atoms with Crippen molar-refractivity contribution in [3.8, 4) is 17.6 Å². The molecular formula is C21H18F6N2O2. The molecule has 0 saturated carbocycles. The molecule has 0 amide bonds. The molecule has 3 rings (SSSR count). The number of ether oxygens (including phenoxy) is 2. The van der Waals surface area contributed by atoms with Crippen molar-refractivity contribution in [3.63, 3.8) is 0 Å². The molecule has 2 aromatic carbocycles. The third kappa shape index (κ3) is 5.22. The fourth-order valence-corrected chi connectivity index (χ4v) is 3.66. The van der Waals surface area contributed by atoms with Crippen molar-refractivity contribution in [2.24, 2.45) is 0 Å².